The average molecular weight is 278 g/mol. The predicted molar refractivity (Wildman–Crippen MR) is 75.3 cm³/mol. The Kier molecular flexibility index (Phi) is 3.99. The first-order chi connectivity index (χ1) is 9.02. The van der Waals surface area contributed by atoms with Gasteiger partial charge < -0.3 is 9.88 Å². The molecule has 0 saturated carbocycles. The highest BCUT2D eigenvalue weighted by molar-refractivity contribution is 7.11. The van der Waals surface area contributed by atoms with E-state index in [1.807, 2.05) is 20.8 Å². The van der Waals surface area contributed by atoms with Crippen LogP contribution in [0.5, 0.6) is 0 Å². The van der Waals surface area contributed by atoms with Gasteiger partial charge in [0.2, 0.25) is 0 Å². The fraction of sp³-hybridized carbons (Fsp3) is 0.462. The van der Waals surface area contributed by atoms with Gasteiger partial charge in [0.15, 0.2) is 5.82 Å². The summed E-state index contributed by atoms with van der Waals surface area (Å²) in [5, 5.41) is 3.95. The summed E-state index contributed by atoms with van der Waals surface area (Å²) in [6, 6.07) is -0.0541. The number of imidazole rings is 1. The molecule has 2 aromatic heterocycles. The van der Waals surface area contributed by atoms with E-state index >= 15 is 0 Å². The van der Waals surface area contributed by atoms with Gasteiger partial charge in [-0.2, -0.15) is 0 Å². The Morgan fingerprint density at radius 2 is 2.26 bits per heavy atom. The van der Waals surface area contributed by atoms with Gasteiger partial charge >= 0.3 is 0 Å². The summed E-state index contributed by atoms with van der Waals surface area (Å²) in [6.07, 6.45) is 4.18. The Hall–Kier alpha value is -1.69. The van der Waals surface area contributed by atoms with Crippen LogP contribution in [0.4, 0.5) is 0 Å². The highest BCUT2D eigenvalue weighted by Crippen LogP contribution is 2.25. The van der Waals surface area contributed by atoms with Gasteiger partial charge in [-0.3, -0.25) is 4.79 Å². The maximum Gasteiger partial charge on any atom is 0.287 e. The highest BCUT2D eigenvalue weighted by atomic mass is 32.1. The molecule has 0 bridgehead atoms. The van der Waals surface area contributed by atoms with E-state index in [-0.39, 0.29) is 11.9 Å². The van der Waals surface area contributed by atoms with Crippen LogP contribution < -0.4 is 5.32 Å². The van der Waals surface area contributed by atoms with Gasteiger partial charge in [0.1, 0.15) is 5.01 Å². The summed E-state index contributed by atoms with van der Waals surface area (Å²) in [4.78, 5) is 21.9. The summed E-state index contributed by atoms with van der Waals surface area (Å²) in [5.74, 6) is 0.258. The lowest BCUT2D eigenvalue weighted by molar-refractivity contribution is 0.0922. The van der Waals surface area contributed by atoms with Gasteiger partial charge in [-0.25, -0.2) is 9.97 Å². The van der Waals surface area contributed by atoms with Crippen LogP contribution in [-0.4, -0.2) is 20.4 Å². The molecule has 1 atom stereocenters. The van der Waals surface area contributed by atoms with Crippen LogP contribution in [0.2, 0.25) is 0 Å². The van der Waals surface area contributed by atoms with E-state index in [1.54, 1.807) is 35.3 Å². The summed E-state index contributed by atoms with van der Waals surface area (Å²) >= 11 is 1.64. The number of aryl methyl sites for hydroxylation is 3. The largest absolute Gasteiger partial charge is 0.340 e. The number of amides is 1. The molecule has 0 aliphatic carbocycles. The number of nitrogens with one attached hydrogen (secondary N) is 1. The van der Waals surface area contributed by atoms with Crippen LogP contribution in [0, 0.1) is 13.8 Å². The molecule has 2 heterocycles. The molecule has 0 radical (unpaired) electrons. The predicted octanol–water partition coefficient (Wildman–Crippen LogP) is 2.37. The standard InChI is InChI=1S/C13H18N4OS/c1-5-10(13-15-8(2)9(3)19-13)16-12(18)11-14-6-7-17(11)4/h6-7,10H,5H2,1-4H3,(H,16,18)/t10-/m1/s1. The molecule has 0 fully saturated rings. The molecular weight excluding hydrogens is 260 g/mol. The molecule has 2 rings (SSSR count). The van der Waals surface area contributed by atoms with Gasteiger partial charge in [-0.05, 0) is 20.3 Å². The molecule has 0 saturated heterocycles. The zero-order valence-electron chi connectivity index (χ0n) is 11.6. The van der Waals surface area contributed by atoms with E-state index in [4.69, 9.17) is 0 Å². The molecule has 0 aliphatic rings. The van der Waals surface area contributed by atoms with Crippen LogP contribution >= 0.6 is 11.3 Å². The summed E-state index contributed by atoms with van der Waals surface area (Å²) in [7, 11) is 1.81. The minimum Gasteiger partial charge on any atom is -0.340 e. The summed E-state index contributed by atoms with van der Waals surface area (Å²) < 4.78 is 1.71. The first kappa shape index (κ1) is 13.7. The van der Waals surface area contributed by atoms with Crippen molar-refractivity contribution in [1.29, 1.82) is 0 Å². The molecule has 0 aliphatic heterocycles. The summed E-state index contributed by atoms with van der Waals surface area (Å²) in [5.41, 5.74) is 1.03. The van der Waals surface area contributed by atoms with E-state index in [9.17, 15) is 4.79 Å². The normalized spacial score (nSPS) is 12.4. The van der Waals surface area contributed by atoms with E-state index in [1.165, 1.54) is 4.88 Å². The number of thiazole rings is 1. The van der Waals surface area contributed by atoms with E-state index in [0.717, 1.165) is 17.1 Å². The molecule has 1 N–H and O–H groups in total. The lowest BCUT2D eigenvalue weighted by Gasteiger charge is -2.14. The maximum atomic E-state index is 12.1. The zero-order valence-corrected chi connectivity index (χ0v) is 12.4. The third-order valence-corrected chi connectivity index (χ3v) is 4.27. The van der Waals surface area contributed by atoms with Gasteiger partial charge in [-0.1, -0.05) is 6.92 Å². The molecule has 102 valence electrons. The summed E-state index contributed by atoms with van der Waals surface area (Å²) in [6.45, 7) is 6.07. The molecule has 19 heavy (non-hydrogen) atoms. The van der Waals surface area contributed by atoms with Crippen molar-refractivity contribution >= 4 is 17.2 Å². The van der Waals surface area contributed by atoms with E-state index < -0.39 is 0 Å². The number of rotatable bonds is 4. The van der Waals surface area contributed by atoms with Crippen molar-refractivity contribution in [2.24, 2.45) is 7.05 Å². The molecule has 0 spiro atoms. The molecule has 0 aromatic carbocycles. The van der Waals surface area contributed by atoms with Gasteiger partial charge in [0.05, 0.1) is 11.7 Å². The molecule has 0 unspecified atom stereocenters. The average Bonchev–Trinajstić information content (AvgIpc) is 2.93. The van der Waals surface area contributed by atoms with Crippen LogP contribution in [-0.2, 0) is 7.05 Å². The fourth-order valence-corrected chi connectivity index (χ4v) is 2.85. The number of nitrogens with zero attached hydrogens (tertiary/aromatic N) is 3. The Morgan fingerprint density at radius 3 is 2.74 bits per heavy atom. The maximum absolute atomic E-state index is 12.1. The first-order valence-electron chi connectivity index (χ1n) is 6.25. The number of hydrogen-bond donors (Lipinski definition) is 1. The van der Waals surface area contributed by atoms with E-state index in [2.05, 4.69) is 15.3 Å². The monoisotopic (exact) mass is 278 g/mol. The van der Waals surface area contributed by atoms with Crippen LogP contribution in [0.3, 0.4) is 0 Å². The second-order valence-corrected chi connectivity index (χ2v) is 5.72. The van der Waals surface area contributed by atoms with Crippen LogP contribution in [0.1, 0.15) is 45.6 Å². The lowest BCUT2D eigenvalue weighted by Crippen LogP contribution is -2.30. The van der Waals surface area contributed by atoms with Crippen LogP contribution in [0.15, 0.2) is 12.4 Å². The Balaban J connectivity index is 2.16. The van der Waals surface area contributed by atoms with Crippen molar-refractivity contribution in [1.82, 2.24) is 19.9 Å². The Bertz CT molecular complexity index is 568. The topological polar surface area (TPSA) is 59.8 Å². The van der Waals surface area contributed by atoms with Gasteiger partial charge in [0, 0.05) is 24.3 Å². The van der Waals surface area contributed by atoms with E-state index in [0.29, 0.717) is 5.82 Å². The third-order valence-electron chi connectivity index (χ3n) is 3.08. The second kappa shape index (κ2) is 5.52. The van der Waals surface area contributed by atoms with Crippen molar-refractivity contribution in [3.05, 3.63) is 33.8 Å². The number of carbonyl (C=O) groups is 1. The third kappa shape index (κ3) is 2.84. The number of hydrogen-bond acceptors (Lipinski definition) is 4. The van der Waals surface area contributed by atoms with Crippen molar-refractivity contribution in [3.8, 4) is 0 Å². The zero-order chi connectivity index (χ0) is 14.0. The molecular formula is C13H18N4OS. The van der Waals surface area contributed by atoms with Crippen molar-refractivity contribution in [3.63, 3.8) is 0 Å². The minimum absolute atomic E-state index is 0.0541. The molecule has 5 nitrogen and oxygen atoms in total. The molecule has 2 aromatic rings. The Labute approximate surface area is 116 Å². The lowest BCUT2D eigenvalue weighted by atomic mass is 10.2. The quantitative estimate of drug-likeness (QED) is 0.934. The molecule has 6 heteroatoms. The number of aromatic nitrogens is 3. The SMILES string of the molecule is CC[C@@H](NC(=O)c1nccn1C)c1nc(C)c(C)s1. The smallest absolute Gasteiger partial charge is 0.287 e. The Morgan fingerprint density at radius 1 is 1.53 bits per heavy atom. The van der Waals surface area contributed by atoms with Crippen molar-refractivity contribution < 1.29 is 4.79 Å². The molecule has 1 amide bonds. The second-order valence-electron chi connectivity index (χ2n) is 4.49. The first-order valence-corrected chi connectivity index (χ1v) is 7.06. The minimum atomic E-state index is -0.162. The number of carbonyl (C=O) groups excluding carboxylic acids is 1. The van der Waals surface area contributed by atoms with Crippen molar-refractivity contribution in [2.45, 2.75) is 33.2 Å². The van der Waals surface area contributed by atoms with Crippen LogP contribution in [0.25, 0.3) is 0 Å². The van der Waals surface area contributed by atoms with Gasteiger partial charge in [-0.15, -0.1) is 11.3 Å². The van der Waals surface area contributed by atoms with Gasteiger partial charge in [0.25, 0.3) is 5.91 Å². The van der Waals surface area contributed by atoms with Crippen molar-refractivity contribution in [2.75, 3.05) is 0 Å². The fourth-order valence-electron chi connectivity index (χ4n) is 1.79. The highest BCUT2D eigenvalue weighted by Gasteiger charge is 2.20.